The Hall–Kier alpha value is -2.02. The molecule has 7 heteroatoms. The molecule has 3 rings (SSSR count). The molecule has 1 N–H and O–H groups in total. The van der Waals surface area contributed by atoms with Gasteiger partial charge in [0, 0.05) is 6.54 Å². The van der Waals surface area contributed by atoms with Gasteiger partial charge in [-0.3, -0.25) is 0 Å². The molecule has 0 amide bonds. The van der Waals surface area contributed by atoms with Gasteiger partial charge >= 0.3 is 0 Å². The third kappa shape index (κ3) is 2.24. The van der Waals surface area contributed by atoms with Gasteiger partial charge in [-0.15, -0.1) is 5.10 Å². The number of halogens is 1. The van der Waals surface area contributed by atoms with Crippen LogP contribution in [0, 0.1) is 0 Å². The summed E-state index contributed by atoms with van der Waals surface area (Å²) in [6.45, 7) is 2.96. The minimum Gasteiger partial charge on any atom is -0.369 e. The molecular weight excluding hydrogens is 320 g/mol. The molecule has 0 unspecified atom stereocenters. The second-order valence-corrected chi connectivity index (χ2v) is 5.07. The molecule has 0 saturated carbocycles. The predicted molar refractivity (Wildman–Crippen MR) is 80.9 cm³/mol. The highest BCUT2D eigenvalue weighted by atomic mass is 79.9. The first kappa shape index (κ1) is 13.0. The first-order valence-electron chi connectivity index (χ1n) is 6.36. The van der Waals surface area contributed by atoms with Crippen LogP contribution in [0.15, 0.2) is 35.1 Å². The summed E-state index contributed by atoms with van der Waals surface area (Å²) in [6.07, 6.45) is 2.55. The van der Waals surface area contributed by atoms with E-state index in [9.17, 15) is 0 Å². The van der Waals surface area contributed by atoms with E-state index in [-0.39, 0.29) is 0 Å². The lowest BCUT2D eigenvalue weighted by Gasteiger charge is -2.09. The molecule has 20 heavy (non-hydrogen) atoms. The topological polar surface area (TPSA) is 68.5 Å². The van der Waals surface area contributed by atoms with Crippen LogP contribution in [-0.4, -0.2) is 31.5 Å². The van der Waals surface area contributed by atoms with Gasteiger partial charge in [0.2, 0.25) is 0 Å². The van der Waals surface area contributed by atoms with Gasteiger partial charge in [0.05, 0.1) is 5.52 Å². The Morgan fingerprint density at radius 3 is 2.95 bits per heavy atom. The Balaban J connectivity index is 2.10. The smallest absolute Gasteiger partial charge is 0.175 e. The van der Waals surface area contributed by atoms with Gasteiger partial charge in [0.1, 0.15) is 22.1 Å². The van der Waals surface area contributed by atoms with Crippen LogP contribution in [0.3, 0.4) is 0 Å². The van der Waals surface area contributed by atoms with E-state index in [4.69, 9.17) is 0 Å². The van der Waals surface area contributed by atoms with E-state index in [1.807, 2.05) is 24.3 Å². The quantitative estimate of drug-likeness (QED) is 0.795. The second kappa shape index (κ2) is 5.54. The number of aromatic nitrogens is 5. The Labute approximate surface area is 124 Å². The van der Waals surface area contributed by atoms with Crippen molar-refractivity contribution >= 4 is 32.8 Å². The molecule has 102 valence electrons. The van der Waals surface area contributed by atoms with Crippen LogP contribution in [0.5, 0.6) is 0 Å². The molecule has 3 aromatic rings. The van der Waals surface area contributed by atoms with Gasteiger partial charge in [0.25, 0.3) is 0 Å². The number of para-hydroxylation sites is 1. The summed E-state index contributed by atoms with van der Waals surface area (Å²) < 4.78 is 2.49. The number of fused-ring (bicyclic) bond motifs is 1. The van der Waals surface area contributed by atoms with E-state index in [1.54, 1.807) is 4.68 Å². The van der Waals surface area contributed by atoms with Gasteiger partial charge in [-0.05, 0) is 34.5 Å². The van der Waals surface area contributed by atoms with Crippen molar-refractivity contribution < 1.29 is 0 Å². The molecule has 2 aromatic heterocycles. The van der Waals surface area contributed by atoms with E-state index in [2.05, 4.69) is 48.5 Å². The summed E-state index contributed by atoms with van der Waals surface area (Å²) in [5, 5.41) is 11.6. The molecule has 0 aliphatic rings. The number of nitrogens with one attached hydrogen (secondary N) is 1. The highest BCUT2D eigenvalue weighted by molar-refractivity contribution is 9.10. The zero-order chi connectivity index (χ0) is 13.9. The Morgan fingerprint density at radius 2 is 2.10 bits per heavy atom. The fourth-order valence-electron chi connectivity index (χ4n) is 1.90. The fraction of sp³-hybridized carbons (Fsp3) is 0.231. The summed E-state index contributed by atoms with van der Waals surface area (Å²) in [5.74, 6) is 1.43. The number of nitrogens with zero attached hydrogens (tertiary/aromatic N) is 5. The monoisotopic (exact) mass is 332 g/mol. The van der Waals surface area contributed by atoms with Crippen LogP contribution >= 0.6 is 15.9 Å². The number of hydrogen-bond acceptors (Lipinski definition) is 5. The van der Waals surface area contributed by atoms with Crippen molar-refractivity contribution in [2.75, 3.05) is 11.9 Å². The Bertz CT molecular complexity index is 739. The van der Waals surface area contributed by atoms with Crippen molar-refractivity contribution in [1.82, 2.24) is 25.0 Å². The lowest BCUT2D eigenvalue weighted by molar-refractivity contribution is 0.792. The SMILES string of the molecule is CCCNc1ncnc(-n2nnc3ccccc32)c1Br. The zero-order valence-corrected chi connectivity index (χ0v) is 12.5. The van der Waals surface area contributed by atoms with Gasteiger partial charge in [-0.25, -0.2) is 9.97 Å². The van der Waals surface area contributed by atoms with E-state index in [0.717, 1.165) is 34.3 Å². The molecule has 0 aliphatic heterocycles. The molecule has 0 bridgehead atoms. The van der Waals surface area contributed by atoms with Crippen molar-refractivity contribution in [3.05, 3.63) is 35.1 Å². The minimum atomic E-state index is 0.673. The zero-order valence-electron chi connectivity index (χ0n) is 10.9. The normalized spacial score (nSPS) is 10.9. The fourth-order valence-corrected chi connectivity index (χ4v) is 2.41. The third-order valence-corrected chi connectivity index (χ3v) is 3.60. The predicted octanol–water partition coefficient (Wildman–Crippen LogP) is 2.79. The number of anilines is 1. The molecular formula is C13H13BrN6. The van der Waals surface area contributed by atoms with Gasteiger partial charge in [0.15, 0.2) is 5.82 Å². The van der Waals surface area contributed by atoms with Gasteiger partial charge in [-0.2, -0.15) is 4.68 Å². The van der Waals surface area contributed by atoms with E-state index in [1.165, 1.54) is 6.33 Å². The first-order valence-corrected chi connectivity index (χ1v) is 7.15. The maximum atomic E-state index is 4.30. The van der Waals surface area contributed by atoms with Crippen molar-refractivity contribution in [3.8, 4) is 5.82 Å². The number of benzene rings is 1. The highest BCUT2D eigenvalue weighted by Crippen LogP contribution is 2.26. The van der Waals surface area contributed by atoms with Crippen LogP contribution in [-0.2, 0) is 0 Å². The largest absolute Gasteiger partial charge is 0.369 e. The first-order chi connectivity index (χ1) is 9.81. The highest BCUT2D eigenvalue weighted by Gasteiger charge is 2.13. The van der Waals surface area contributed by atoms with Gasteiger partial charge < -0.3 is 5.32 Å². The molecule has 0 fully saturated rings. The van der Waals surface area contributed by atoms with Crippen LogP contribution in [0.2, 0.25) is 0 Å². The van der Waals surface area contributed by atoms with Gasteiger partial charge in [-0.1, -0.05) is 24.3 Å². The summed E-state index contributed by atoms with van der Waals surface area (Å²) >= 11 is 3.54. The van der Waals surface area contributed by atoms with Crippen molar-refractivity contribution in [2.45, 2.75) is 13.3 Å². The van der Waals surface area contributed by atoms with Crippen LogP contribution in [0.25, 0.3) is 16.9 Å². The Kier molecular flexibility index (Phi) is 3.60. The van der Waals surface area contributed by atoms with Crippen LogP contribution in [0.4, 0.5) is 5.82 Å². The third-order valence-electron chi connectivity index (χ3n) is 2.87. The summed E-state index contributed by atoms with van der Waals surface area (Å²) in [5.41, 5.74) is 1.74. The second-order valence-electron chi connectivity index (χ2n) is 4.28. The molecule has 0 saturated heterocycles. The van der Waals surface area contributed by atoms with Crippen molar-refractivity contribution in [1.29, 1.82) is 0 Å². The molecule has 2 heterocycles. The average Bonchev–Trinajstić information content (AvgIpc) is 2.90. The lowest BCUT2D eigenvalue weighted by Crippen LogP contribution is -2.07. The molecule has 0 spiro atoms. The maximum Gasteiger partial charge on any atom is 0.175 e. The van der Waals surface area contributed by atoms with E-state index < -0.39 is 0 Å². The number of rotatable bonds is 4. The molecule has 0 radical (unpaired) electrons. The molecule has 0 aliphatic carbocycles. The van der Waals surface area contributed by atoms with Crippen LogP contribution < -0.4 is 5.32 Å². The van der Waals surface area contributed by atoms with E-state index in [0.29, 0.717) is 5.82 Å². The van der Waals surface area contributed by atoms with Crippen molar-refractivity contribution in [2.24, 2.45) is 0 Å². The summed E-state index contributed by atoms with van der Waals surface area (Å²) in [7, 11) is 0. The molecule has 0 atom stereocenters. The standard InChI is InChI=1S/C13H13BrN6/c1-2-7-15-12-11(14)13(17-8-16-12)20-10-6-4-3-5-9(10)18-19-20/h3-6,8H,2,7H2,1H3,(H,15,16,17). The summed E-state index contributed by atoms with van der Waals surface area (Å²) in [4.78, 5) is 8.54. The Morgan fingerprint density at radius 1 is 1.25 bits per heavy atom. The van der Waals surface area contributed by atoms with E-state index >= 15 is 0 Å². The average molecular weight is 333 g/mol. The minimum absolute atomic E-state index is 0.673. The maximum absolute atomic E-state index is 4.30. The van der Waals surface area contributed by atoms with Crippen molar-refractivity contribution in [3.63, 3.8) is 0 Å². The number of hydrogen-bond donors (Lipinski definition) is 1. The van der Waals surface area contributed by atoms with Crippen LogP contribution in [0.1, 0.15) is 13.3 Å². The summed E-state index contributed by atoms with van der Waals surface area (Å²) in [6, 6.07) is 7.77. The molecule has 6 nitrogen and oxygen atoms in total. The molecule has 1 aromatic carbocycles. The lowest BCUT2D eigenvalue weighted by atomic mass is 10.3.